The van der Waals surface area contributed by atoms with Crippen molar-refractivity contribution in [2.45, 2.75) is 25.8 Å². The Bertz CT molecular complexity index is 668. The van der Waals surface area contributed by atoms with Gasteiger partial charge in [0.1, 0.15) is 5.82 Å². The summed E-state index contributed by atoms with van der Waals surface area (Å²) >= 11 is 1.79. The highest BCUT2D eigenvalue weighted by Gasteiger charge is 2.21. The molecule has 0 radical (unpaired) electrons. The van der Waals surface area contributed by atoms with E-state index in [0.717, 1.165) is 24.0 Å². The fourth-order valence-corrected chi connectivity index (χ4v) is 3.12. The van der Waals surface area contributed by atoms with E-state index in [2.05, 4.69) is 52.0 Å². The van der Waals surface area contributed by atoms with Gasteiger partial charge in [-0.05, 0) is 23.6 Å². The number of aromatic nitrogens is 1. The lowest BCUT2D eigenvalue weighted by Crippen LogP contribution is -2.43. The van der Waals surface area contributed by atoms with Crippen LogP contribution < -0.4 is 15.5 Å². The third kappa shape index (κ3) is 6.47. The molecule has 2 aromatic heterocycles. The Balaban J connectivity index is 0.00000312. The maximum Gasteiger partial charge on any atom is 0.191 e. The van der Waals surface area contributed by atoms with E-state index in [1.54, 1.807) is 18.4 Å². The first kappa shape index (κ1) is 21.7. The summed E-state index contributed by atoms with van der Waals surface area (Å²) in [6.07, 6.45) is 0. The quantitative estimate of drug-likeness (QED) is 0.383. The van der Waals surface area contributed by atoms with E-state index in [4.69, 9.17) is 0 Å². The first-order valence-electron chi connectivity index (χ1n) is 8.04. The molecule has 0 aliphatic rings. The fraction of sp³-hybridized carbons (Fsp3) is 0.444. The van der Waals surface area contributed by atoms with Crippen LogP contribution in [0.15, 0.2) is 40.7 Å². The first-order chi connectivity index (χ1) is 11.4. The number of guanidine groups is 1. The smallest absolute Gasteiger partial charge is 0.191 e. The Hall–Kier alpha value is -1.35. The van der Waals surface area contributed by atoms with E-state index in [1.165, 1.54) is 4.88 Å². The van der Waals surface area contributed by atoms with Crippen LogP contribution in [0.2, 0.25) is 0 Å². The zero-order valence-electron chi connectivity index (χ0n) is 15.5. The molecule has 2 aromatic rings. The molecule has 2 heterocycles. The zero-order chi connectivity index (χ0) is 17.6. The molecule has 138 valence electrons. The van der Waals surface area contributed by atoms with Gasteiger partial charge < -0.3 is 15.5 Å². The maximum absolute atomic E-state index is 4.61. The summed E-state index contributed by atoms with van der Waals surface area (Å²) in [5, 5.41) is 8.86. The van der Waals surface area contributed by atoms with Crippen LogP contribution in [0.3, 0.4) is 0 Å². The summed E-state index contributed by atoms with van der Waals surface area (Å²) in [7, 11) is 5.77. The van der Waals surface area contributed by atoms with E-state index in [9.17, 15) is 0 Å². The molecule has 7 heteroatoms. The number of thiophene rings is 1. The molecule has 0 amide bonds. The van der Waals surface area contributed by atoms with Gasteiger partial charge in [0.25, 0.3) is 0 Å². The van der Waals surface area contributed by atoms with Gasteiger partial charge in [-0.25, -0.2) is 4.98 Å². The third-order valence-corrected chi connectivity index (χ3v) is 5.03. The van der Waals surface area contributed by atoms with Crippen molar-refractivity contribution in [3.63, 3.8) is 0 Å². The van der Waals surface area contributed by atoms with Crippen LogP contribution in [-0.2, 0) is 12.0 Å². The number of hydrogen-bond acceptors (Lipinski definition) is 4. The molecule has 2 N–H and O–H groups in total. The van der Waals surface area contributed by atoms with Crippen molar-refractivity contribution in [3.05, 3.63) is 46.3 Å². The van der Waals surface area contributed by atoms with E-state index in [1.807, 2.05) is 37.2 Å². The predicted octanol–water partition coefficient (Wildman–Crippen LogP) is 3.47. The van der Waals surface area contributed by atoms with E-state index in [0.29, 0.717) is 6.54 Å². The molecule has 0 unspecified atom stereocenters. The molecule has 5 nitrogen and oxygen atoms in total. The predicted molar refractivity (Wildman–Crippen MR) is 120 cm³/mol. The number of nitrogens with one attached hydrogen (secondary N) is 2. The molecule has 2 rings (SSSR count). The zero-order valence-corrected chi connectivity index (χ0v) is 18.7. The summed E-state index contributed by atoms with van der Waals surface area (Å²) < 4.78 is 0. The minimum Gasteiger partial charge on any atom is -0.363 e. The van der Waals surface area contributed by atoms with Gasteiger partial charge >= 0.3 is 0 Å². The summed E-state index contributed by atoms with van der Waals surface area (Å²) in [6.45, 7) is 5.93. The van der Waals surface area contributed by atoms with Crippen molar-refractivity contribution >= 4 is 47.1 Å². The molecular weight excluding hydrogens is 445 g/mol. The Labute approximate surface area is 172 Å². The van der Waals surface area contributed by atoms with Crippen LogP contribution in [0, 0.1) is 0 Å². The second-order valence-electron chi connectivity index (χ2n) is 6.52. The molecule has 0 bridgehead atoms. The van der Waals surface area contributed by atoms with Gasteiger partial charge in [0.05, 0.1) is 12.2 Å². The first-order valence-corrected chi connectivity index (χ1v) is 8.92. The van der Waals surface area contributed by atoms with Gasteiger partial charge in [0.2, 0.25) is 0 Å². The van der Waals surface area contributed by atoms with Crippen molar-refractivity contribution < 1.29 is 0 Å². The standard InChI is InChI=1S/C18H27N5S.HI/c1-18(2,15-9-7-11-24-15)13-21-17(19-3)20-12-14-8-6-10-16(22-14)23(4)5;/h6-11H,12-13H2,1-5H3,(H2,19,20,21);1H. The van der Waals surface area contributed by atoms with Crippen LogP contribution >= 0.6 is 35.3 Å². The van der Waals surface area contributed by atoms with E-state index in [-0.39, 0.29) is 29.4 Å². The minimum absolute atomic E-state index is 0. The van der Waals surface area contributed by atoms with E-state index < -0.39 is 0 Å². The average molecular weight is 473 g/mol. The van der Waals surface area contributed by atoms with Gasteiger partial charge in [0.15, 0.2) is 5.96 Å². The number of aliphatic imine (C=N–C) groups is 1. The van der Waals surface area contributed by atoms with Crippen molar-refractivity contribution in [3.8, 4) is 0 Å². The SMILES string of the molecule is CN=C(NCc1cccc(N(C)C)n1)NCC(C)(C)c1cccs1.I. The maximum atomic E-state index is 4.61. The molecule has 0 saturated heterocycles. The highest BCUT2D eigenvalue weighted by Crippen LogP contribution is 2.26. The third-order valence-electron chi connectivity index (χ3n) is 3.80. The molecule has 0 aliphatic carbocycles. The molecular formula is C18H28IN5S. The largest absolute Gasteiger partial charge is 0.363 e. The highest BCUT2D eigenvalue weighted by atomic mass is 127. The van der Waals surface area contributed by atoms with Crippen LogP contribution in [0.5, 0.6) is 0 Å². The lowest BCUT2D eigenvalue weighted by Gasteiger charge is -2.25. The van der Waals surface area contributed by atoms with Crippen LogP contribution in [-0.4, -0.2) is 38.6 Å². The van der Waals surface area contributed by atoms with Gasteiger partial charge in [-0.3, -0.25) is 4.99 Å². The molecule has 0 saturated carbocycles. The monoisotopic (exact) mass is 473 g/mol. The number of rotatable bonds is 6. The number of pyridine rings is 1. The second kappa shape index (κ2) is 9.96. The number of nitrogens with zero attached hydrogens (tertiary/aromatic N) is 3. The minimum atomic E-state index is 0. The Kier molecular flexibility index (Phi) is 8.64. The molecule has 0 aliphatic heterocycles. The van der Waals surface area contributed by atoms with Gasteiger partial charge in [-0.2, -0.15) is 0 Å². The van der Waals surface area contributed by atoms with Crippen molar-refractivity contribution in [2.24, 2.45) is 4.99 Å². The number of hydrogen-bond donors (Lipinski definition) is 2. The van der Waals surface area contributed by atoms with Crippen molar-refractivity contribution in [1.82, 2.24) is 15.6 Å². The summed E-state index contributed by atoms with van der Waals surface area (Å²) in [6, 6.07) is 10.3. The second-order valence-corrected chi connectivity index (χ2v) is 7.47. The van der Waals surface area contributed by atoms with E-state index >= 15 is 0 Å². The Morgan fingerprint density at radius 1 is 1.20 bits per heavy atom. The summed E-state index contributed by atoms with van der Waals surface area (Å²) in [5.74, 6) is 1.74. The van der Waals surface area contributed by atoms with Gasteiger partial charge in [-0.15, -0.1) is 35.3 Å². The molecule has 0 fully saturated rings. The number of anilines is 1. The molecule has 0 spiro atoms. The van der Waals surface area contributed by atoms with Gasteiger partial charge in [0, 0.05) is 38.0 Å². The molecule has 0 aromatic carbocycles. The van der Waals surface area contributed by atoms with Crippen LogP contribution in [0.1, 0.15) is 24.4 Å². The number of halogens is 1. The molecule has 25 heavy (non-hydrogen) atoms. The Morgan fingerprint density at radius 3 is 2.56 bits per heavy atom. The topological polar surface area (TPSA) is 52.6 Å². The van der Waals surface area contributed by atoms with Crippen molar-refractivity contribution in [2.75, 3.05) is 32.6 Å². The van der Waals surface area contributed by atoms with Crippen LogP contribution in [0.25, 0.3) is 0 Å². The normalized spacial score (nSPS) is 11.6. The lowest BCUT2D eigenvalue weighted by molar-refractivity contribution is 0.518. The summed E-state index contributed by atoms with van der Waals surface area (Å²) in [4.78, 5) is 12.3. The molecule has 0 atom stereocenters. The Morgan fingerprint density at radius 2 is 1.96 bits per heavy atom. The summed E-state index contributed by atoms with van der Waals surface area (Å²) in [5.41, 5.74) is 1.05. The van der Waals surface area contributed by atoms with Crippen LogP contribution in [0.4, 0.5) is 5.82 Å². The highest BCUT2D eigenvalue weighted by molar-refractivity contribution is 14.0. The van der Waals surface area contributed by atoms with Crippen molar-refractivity contribution in [1.29, 1.82) is 0 Å². The average Bonchev–Trinajstić information content (AvgIpc) is 3.10. The van der Waals surface area contributed by atoms with Gasteiger partial charge in [-0.1, -0.05) is 26.0 Å². The fourth-order valence-electron chi connectivity index (χ4n) is 2.26. The lowest BCUT2D eigenvalue weighted by atomic mass is 9.91.